The van der Waals surface area contributed by atoms with Crippen molar-refractivity contribution in [1.82, 2.24) is 9.62 Å². The van der Waals surface area contributed by atoms with Crippen LogP contribution in [0.1, 0.15) is 19.4 Å². The Labute approximate surface area is 114 Å². The van der Waals surface area contributed by atoms with Crippen LogP contribution in [0.15, 0.2) is 23.1 Å². The zero-order valence-electron chi connectivity index (χ0n) is 11.1. The van der Waals surface area contributed by atoms with E-state index in [4.69, 9.17) is 11.6 Å². The molecule has 1 aromatic carbocycles. The van der Waals surface area contributed by atoms with Gasteiger partial charge in [-0.2, -0.15) is 0 Å². The molecule has 0 bridgehead atoms. The van der Waals surface area contributed by atoms with Gasteiger partial charge in [0.15, 0.2) is 0 Å². The fraction of sp³-hybridized carbons (Fsp3) is 0.500. The Kier molecular flexibility index (Phi) is 5.16. The Bertz CT molecular complexity index is 513. The van der Waals surface area contributed by atoms with Gasteiger partial charge in [-0.15, -0.1) is 0 Å². The van der Waals surface area contributed by atoms with Crippen LogP contribution >= 0.6 is 11.6 Å². The molecular formula is C12H19ClN2O2S. The van der Waals surface area contributed by atoms with Crippen molar-refractivity contribution < 1.29 is 8.42 Å². The highest BCUT2D eigenvalue weighted by molar-refractivity contribution is 7.89. The third-order valence-electron chi connectivity index (χ3n) is 2.50. The molecule has 1 rings (SSSR count). The maximum Gasteiger partial charge on any atom is 0.242 e. The van der Waals surface area contributed by atoms with E-state index < -0.39 is 10.0 Å². The zero-order valence-corrected chi connectivity index (χ0v) is 12.6. The molecule has 0 fully saturated rings. The molecule has 0 aliphatic rings. The van der Waals surface area contributed by atoms with Gasteiger partial charge in [-0.3, -0.25) is 0 Å². The number of benzene rings is 1. The number of nitrogens with one attached hydrogen (secondary N) is 1. The minimum absolute atomic E-state index is 0.262. The molecule has 1 N–H and O–H groups in total. The van der Waals surface area contributed by atoms with Crippen LogP contribution in [0.2, 0.25) is 5.02 Å². The Morgan fingerprint density at radius 2 is 1.94 bits per heavy atom. The summed E-state index contributed by atoms with van der Waals surface area (Å²) in [6.07, 6.45) is 0. The lowest BCUT2D eigenvalue weighted by Crippen LogP contribution is -2.24. The van der Waals surface area contributed by atoms with E-state index in [1.54, 1.807) is 12.1 Å². The first kappa shape index (κ1) is 15.4. The van der Waals surface area contributed by atoms with E-state index in [9.17, 15) is 8.42 Å². The SMILES string of the molecule is CC(C)NCc1cc(S(=O)(=O)N(C)C)ccc1Cl. The molecule has 0 spiro atoms. The molecular weight excluding hydrogens is 272 g/mol. The lowest BCUT2D eigenvalue weighted by atomic mass is 10.2. The molecule has 6 heteroatoms. The number of nitrogens with zero attached hydrogens (tertiary/aromatic N) is 1. The second-order valence-corrected chi connectivity index (χ2v) is 7.14. The van der Waals surface area contributed by atoms with Crippen LogP contribution in [-0.4, -0.2) is 32.9 Å². The molecule has 0 heterocycles. The summed E-state index contributed by atoms with van der Waals surface area (Å²) >= 11 is 6.06. The first-order chi connectivity index (χ1) is 8.25. The van der Waals surface area contributed by atoms with Crippen molar-refractivity contribution in [3.8, 4) is 0 Å². The number of hydrogen-bond acceptors (Lipinski definition) is 3. The van der Waals surface area contributed by atoms with Gasteiger partial charge < -0.3 is 5.32 Å². The second-order valence-electron chi connectivity index (χ2n) is 4.58. The minimum atomic E-state index is -3.41. The lowest BCUT2D eigenvalue weighted by Gasteiger charge is -2.14. The molecule has 0 saturated carbocycles. The van der Waals surface area contributed by atoms with E-state index in [1.165, 1.54) is 24.5 Å². The van der Waals surface area contributed by atoms with Gasteiger partial charge >= 0.3 is 0 Å². The number of hydrogen-bond donors (Lipinski definition) is 1. The van der Waals surface area contributed by atoms with E-state index in [0.717, 1.165) is 5.56 Å². The van der Waals surface area contributed by atoms with Crippen molar-refractivity contribution in [3.05, 3.63) is 28.8 Å². The summed E-state index contributed by atoms with van der Waals surface area (Å²) in [5.74, 6) is 0. The number of rotatable bonds is 5. The van der Waals surface area contributed by atoms with Crippen molar-refractivity contribution in [3.63, 3.8) is 0 Å². The van der Waals surface area contributed by atoms with Gasteiger partial charge in [0.25, 0.3) is 0 Å². The molecule has 18 heavy (non-hydrogen) atoms. The smallest absolute Gasteiger partial charge is 0.242 e. The Hall–Kier alpha value is -0.620. The van der Waals surface area contributed by atoms with Crippen LogP contribution in [0.25, 0.3) is 0 Å². The van der Waals surface area contributed by atoms with Gasteiger partial charge in [0.05, 0.1) is 4.90 Å². The van der Waals surface area contributed by atoms with Gasteiger partial charge in [0, 0.05) is 31.7 Å². The topological polar surface area (TPSA) is 49.4 Å². The predicted molar refractivity (Wildman–Crippen MR) is 74.3 cm³/mol. The van der Waals surface area contributed by atoms with Crippen molar-refractivity contribution in [2.45, 2.75) is 31.3 Å². The van der Waals surface area contributed by atoms with Crippen LogP contribution in [0.5, 0.6) is 0 Å². The van der Waals surface area contributed by atoms with E-state index in [0.29, 0.717) is 17.6 Å². The van der Waals surface area contributed by atoms with Gasteiger partial charge in [-0.05, 0) is 23.8 Å². The van der Waals surface area contributed by atoms with Crippen molar-refractivity contribution in [2.75, 3.05) is 14.1 Å². The molecule has 0 aliphatic heterocycles. The lowest BCUT2D eigenvalue weighted by molar-refractivity contribution is 0.520. The normalized spacial score (nSPS) is 12.4. The Morgan fingerprint density at radius 3 is 2.44 bits per heavy atom. The van der Waals surface area contributed by atoms with E-state index in [2.05, 4.69) is 5.32 Å². The largest absolute Gasteiger partial charge is 0.310 e. The molecule has 0 aromatic heterocycles. The molecule has 4 nitrogen and oxygen atoms in total. The molecule has 102 valence electrons. The monoisotopic (exact) mass is 290 g/mol. The average molecular weight is 291 g/mol. The fourth-order valence-electron chi connectivity index (χ4n) is 1.37. The van der Waals surface area contributed by atoms with Gasteiger partial charge in [-0.1, -0.05) is 25.4 Å². The van der Waals surface area contributed by atoms with Crippen LogP contribution in [0, 0.1) is 0 Å². The Morgan fingerprint density at radius 1 is 1.33 bits per heavy atom. The number of halogens is 1. The highest BCUT2D eigenvalue weighted by Gasteiger charge is 2.18. The van der Waals surface area contributed by atoms with Gasteiger partial charge in [0.2, 0.25) is 10.0 Å². The van der Waals surface area contributed by atoms with Gasteiger partial charge in [-0.25, -0.2) is 12.7 Å². The van der Waals surface area contributed by atoms with Crippen LogP contribution in [0.3, 0.4) is 0 Å². The van der Waals surface area contributed by atoms with E-state index in [1.807, 2.05) is 13.8 Å². The van der Waals surface area contributed by atoms with Crippen LogP contribution in [0.4, 0.5) is 0 Å². The zero-order chi connectivity index (χ0) is 13.9. The first-order valence-corrected chi connectivity index (χ1v) is 7.51. The maximum absolute atomic E-state index is 12.0. The van der Waals surface area contributed by atoms with Crippen molar-refractivity contribution in [1.29, 1.82) is 0 Å². The maximum atomic E-state index is 12.0. The third-order valence-corrected chi connectivity index (χ3v) is 4.68. The van der Waals surface area contributed by atoms with Crippen LogP contribution in [-0.2, 0) is 16.6 Å². The minimum Gasteiger partial charge on any atom is -0.310 e. The molecule has 0 amide bonds. The van der Waals surface area contributed by atoms with Crippen molar-refractivity contribution >= 4 is 21.6 Å². The summed E-state index contributed by atoms with van der Waals surface area (Å²) < 4.78 is 25.2. The number of sulfonamides is 1. The predicted octanol–water partition coefficient (Wildman–Crippen LogP) is 2.09. The summed E-state index contributed by atoms with van der Waals surface area (Å²) in [7, 11) is -0.388. The molecule has 0 aliphatic carbocycles. The second kappa shape index (κ2) is 6.02. The molecule has 1 aromatic rings. The summed E-state index contributed by atoms with van der Waals surface area (Å²) in [5, 5.41) is 3.79. The molecule has 0 saturated heterocycles. The average Bonchev–Trinajstić information content (AvgIpc) is 2.27. The highest BCUT2D eigenvalue weighted by Crippen LogP contribution is 2.22. The van der Waals surface area contributed by atoms with Crippen LogP contribution < -0.4 is 5.32 Å². The molecule has 0 atom stereocenters. The summed E-state index contributed by atoms with van der Waals surface area (Å²) in [5.41, 5.74) is 0.785. The standard InChI is InChI=1S/C12H19ClN2O2S/c1-9(2)14-8-10-7-11(5-6-12(10)13)18(16,17)15(3)4/h5-7,9,14H,8H2,1-4H3. The first-order valence-electron chi connectivity index (χ1n) is 5.69. The summed E-state index contributed by atoms with van der Waals surface area (Å²) in [6, 6.07) is 5.08. The Balaban J connectivity index is 3.08. The van der Waals surface area contributed by atoms with Gasteiger partial charge in [0.1, 0.15) is 0 Å². The quantitative estimate of drug-likeness (QED) is 0.903. The third kappa shape index (κ3) is 3.68. The highest BCUT2D eigenvalue weighted by atomic mass is 35.5. The molecule has 0 unspecified atom stereocenters. The van der Waals surface area contributed by atoms with E-state index in [-0.39, 0.29) is 4.90 Å². The molecule has 0 radical (unpaired) electrons. The fourth-order valence-corrected chi connectivity index (χ4v) is 2.51. The summed E-state index contributed by atoms with van der Waals surface area (Å²) in [6.45, 7) is 4.59. The van der Waals surface area contributed by atoms with Crippen molar-refractivity contribution in [2.24, 2.45) is 0 Å². The van der Waals surface area contributed by atoms with E-state index >= 15 is 0 Å². The summed E-state index contributed by atoms with van der Waals surface area (Å²) in [4.78, 5) is 0.262.